The maximum absolute atomic E-state index is 11.4. The van der Waals surface area contributed by atoms with Gasteiger partial charge in [-0.05, 0) is 12.5 Å². The molecule has 0 spiro atoms. The zero-order valence-corrected chi connectivity index (χ0v) is 10.8. The number of benzene rings is 1. The molecule has 0 aliphatic heterocycles. The van der Waals surface area contributed by atoms with E-state index >= 15 is 0 Å². The van der Waals surface area contributed by atoms with Crippen LogP contribution in [0.1, 0.15) is 32.4 Å². The third kappa shape index (κ3) is 5.15. The van der Waals surface area contributed by atoms with Crippen molar-refractivity contribution in [3.8, 4) is 0 Å². The van der Waals surface area contributed by atoms with Gasteiger partial charge in [-0.3, -0.25) is 4.79 Å². The summed E-state index contributed by atoms with van der Waals surface area (Å²) >= 11 is 0. The third-order valence-corrected chi connectivity index (χ3v) is 2.04. The van der Waals surface area contributed by atoms with Gasteiger partial charge in [-0.25, -0.2) is 4.79 Å². The van der Waals surface area contributed by atoms with Crippen LogP contribution < -0.4 is 10.6 Å². The van der Waals surface area contributed by atoms with Crippen LogP contribution in [0, 0.1) is 0 Å². The van der Waals surface area contributed by atoms with Gasteiger partial charge in [0.1, 0.15) is 6.04 Å². The third-order valence-electron chi connectivity index (χ3n) is 2.04. The van der Waals surface area contributed by atoms with Crippen molar-refractivity contribution in [1.82, 2.24) is 10.6 Å². The zero-order chi connectivity index (χ0) is 13.3. The molecule has 1 unspecified atom stereocenters. The molecular formula is C13H20N2O2. The quantitative estimate of drug-likeness (QED) is 0.845. The Morgan fingerprint density at radius 2 is 1.65 bits per heavy atom. The summed E-state index contributed by atoms with van der Waals surface area (Å²) in [5, 5.41) is 5.00. The molecule has 1 aromatic rings. The second kappa shape index (κ2) is 8.33. The lowest BCUT2D eigenvalue weighted by molar-refractivity contribution is -0.118. The van der Waals surface area contributed by atoms with Gasteiger partial charge in [0, 0.05) is 7.05 Å². The number of rotatable bonds is 3. The summed E-state index contributed by atoms with van der Waals surface area (Å²) in [4.78, 5) is 22.5. The first-order valence-electron chi connectivity index (χ1n) is 5.68. The first-order chi connectivity index (χ1) is 8.15. The van der Waals surface area contributed by atoms with E-state index in [0.717, 1.165) is 5.56 Å². The van der Waals surface area contributed by atoms with Crippen LogP contribution in [0.2, 0.25) is 0 Å². The molecule has 1 rings (SSSR count). The number of carbonyl (C=O) groups is 2. The van der Waals surface area contributed by atoms with Crippen molar-refractivity contribution in [3.63, 3.8) is 0 Å². The van der Waals surface area contributed by atoms with Crippen molar-refractivity contribution in [1.29, 1.82) is 0 Å². The van der Waals surface area contributed by atoms with Crippen molar-refractivity contribution in [2.75, 3.05) is 7.05 Å². The van der Waals surface area contributed by atoms with Crippen LogP contribution in [0.25, 0.3) is 0 Å². The van der Waals surface area contributed by atoms with Gasteiger partial charge in [0.15, 0.2) is 5.78 Å². The van der Waals surface area contributed by atoms with Crippen LogP contribution in [-0.2, 0) is 4.79 Å². The second-order valence-electron chi connectivity index (χ2n) is 3.18. The molecule has 1 aromatic carbocycles. The molecule has 0 heterocycles. The first-order valence-corrected chi connectivity index (χ1v) is 5.68. The highest BCUT2D eigenvalue weighted by atomic mass is 16.2. The van der Waals surface area contributed by atoms with Crippen LogP contribution in [0.4, 0.5) is 4.79 Å². The Hall–Kier alpha value is -1.84. The van der Waals surface area contributed by atoms with Crippen molar-refractivity contribution in [3.05, 3.63) is 35.9 Å². The van der Waals surface area contributed by atoms with Gasteiger partial charge >= 0.3 is 6.03 Å². The van der Waals surface area contributed by atoms with E-state index in [1.807, 2.05) is 44.2 Å². The van der Waals surface area contributed by atoms with Crippen molar-refractivity contribution >= 4 is 11.8 Å². The Kier molecular flexibility index (Phi) is 7.43. The van der Waals surface area contributed by atoms with E-state index in [4.69, 9.17) is 0 Å². The van der Waals surface area contributed by atoms with Crippen molar-refractivity contribution in [2.45, 2.75) is 26.8 Å². The van der Waals surface area contributed by atoms with E-state index in [9.17, 15) is 9.59 Å². The lowest BCUT2D eigenvalue weighted by Gasteiger charge is -2.15. The number of hydrogen-bond donors (Lipinski definition) is 2. The van der Waals surface area contributed by atoms with Crippen LogP contribution in [-0.4, -0.2) is 18.9 Å². The molecule has 0 aliphatic rings. The average Bonchev–Trinajstić information content (AvgIpc) is 2.38. The summed E-state index contributed by atoms with van der Waals surface area (Å²) < 4.78 is 0. The number of carbonyl (C=O) groups excluding carboxylic acids is 2. The molecule has 0 bridgehead atoms. The number of Topliss-reactive ketones (excluding diaryl/α,β-unsaturated/α-hetero) is 1. The van der Waals surface area contributed by atoms with E-state index in [1.165, 1.54) is 14.0 Å². The Balaban J connectivity index is 0.00000121. The van der Waals surface area contributed by atoms with Crippen molar-refractivity contribution in [2.24, 2.45) is 0 Å². The molecule has 2 N–H and O–H groups in total. The second-order valence-corrected chi connectivity index (χ2v) is 3.18. The minimum atomic E-state index is -0.578. The largest absolute Gasteiger partial charge is 0.341 e. The minimum Gasteiger partial charge on any atom is -0.341 e. The fourth-order valence-electron chi connectivity index (χ4n) is 1.27. The van der Waals surface area contributed by atoms with Gasteiger partial charge in [0.05, 0.1) is 0 Å². The maximum Gasteiger partial charge on any atom is 0.315 e. The highest BCUT2D eigenvalue weighted by molar-refractivity contribution is 5.87. The number of nitrogens with one attached hydrogen (secondary N) is 2. The topological polar surface area (TPSA) is 58.2 Å². The molecule has 0 radical (unpaired) electrons. The fourth-order valence-corrected chi connectivity index (χ4v) is 1.27. The molecule has 2 amide bonds. The van der Waals surface area contributed by atoms with Gasteiger partial charge in [0.25, 0.3) is 0 Å². The molecule has 0 saturated heterocycles. The predicted octanol–water partition coefficient (Wildman–Crippen LogP) is 2.27. The summed E-state index contributed by atoms with van der Waals surface area (Å²) in [6.45, 7) is 5.45. The molecule has 1 atom stereocenters. The molecular weight excluding hydrogens is 216 g/mol. The summed E-state index contributed by atoms with van der Waals surface area (Å²) in [5.74, 6) is -0.0928. The molecule has 0 aromatic heterocycles. The summed E-state index contributed by atoms with van der Waals surface area (Å²) in [7, 11) is 1.51. The molecule has 0 aliphatic carbocycles. The van der Waals surface area contributed by atoms with Gasteiger partial charge in [0.2, 0.25) is 0 Å². The SMILES string of the molecule is CC.CNC(=O)NC(C(C)=O)c1ccccc1. The highest BCUT2D eigenvalue weighted by Crippen LogP contribution is 2.12. The van der Waals surface area contributed by atoms with E-state index in [-0.39, 0.29) is 11.8 Å². The molecule has 0 fully saturated rings. The Bertz CT molecular complexity index is 350. The number of amides is 2. The van der Waals surface area contributed by atoms with Gasteiger partial charge in [-0.1, -0.05) is 44.2 Å². The lowest BCUT2D eigenvalue weighted by Crippen LogP contribution is -2.38. The monoisotopic (exact) mass is 236 g/mol. The fraction of sp³-hybridized carbons (Fsp3) is 0.385. The Morgan fingerprint density at radius 3 is 2.06 bits per heavy atom. The summed E-state index contributed by atoms with van der Waals surface area (Å²) in [6, 6.07) is 8.20. The van der Waals surface area contributed by atoms with Crippen LogP contribution in [0.5, 0.6) is 0 Å². The Morgan fingerprint density at radius 1 is 1.12 bits per heavy atom. The standard InChI is InChI=1S/C11H14N2O2.C2H6/c1-8(14)10(13-11(15)12-2)9-6-4-3-5-7-9;1-2/h3-7,10H,1-2H3,(H2,12,13,15);1-2H3. The number of hydrogen-bond acceptors (Lipinski definition) is 2. The summed E-state index contributed by atoms with van der Waals surface area (Å²) in [6.07, 6.45) is 0. The van der Waals surface area contributed by atoms with Crippen LogP contribution in [0.3, 0.4) is 0 Å². The molecule has 17 heavy (non-hydrogen) atoms. The highest BCUT2D eigenvalue weighted by Gasteiger charge is 2.17. The molecule has 94 valence electrons. The smallest absolute Gasteiger partial charge is 0.315 e. The minimum absolute atomic E-state index is 0.0928. The van der Waals surface area contributed by atoms with E-state index in [2.05, 4.69) is 10.6 Å². The predicted molar refractivity (Wildman–Crippen MR) is 68.8 cm³/mol. The zero-order valence-electron chi connectivity index (χ0n) is 10.8. The Labute approximate surface area is 102 Å². The van der Waals surface area contributed by atoms with Gasteiger partial charge < -0.3 is 10.6 Å². The van der Waals surface area contributed by atoms with Gasteiger partial charge in [-0.15, -0.1) is 0 Å². The van der Waals surface area contributed by atoms with E-state index in [0.29, 0.717) is 0 Å². The van der Waals surface area contributed by atoms with Gasteiger partial charge in [-0.2, -0.15) is 0 Å². The van der Waals surface area contributed by atoms with Crippen molar-refractivity contribution < 1.29 is 9.59 Å². The molecule has 4 nitrogen and oxygen atoms in total. The number of ketones is 1. The van der Waals surface area contributed by atoms with Crippen LogP contribution in [0.15, 0.2) is 30.3 Å². The molecule has 4 heteroatoms. The number of urea groups is 1. The van der Waals surface area contributed by atoms with E-state index in [1.54, 1.807) is 0 Å². The van der Waals surface area contributed by atoms with Crippen LogP contribution >= 0.6 is 0 Å². The van der Waals surface area contributed by atoms with E-state index < -0.39 is 6.04 Å². The molecule has 0 saturated carbocycles. The first kappa shape index (κ1) is 15.2. The summed E-state index contributed by atoms with van der Waals surface area (Å²) in [5.41, 5.74) is 0.786. The maximum atomic E-state index is 11.4. The average molecular weight is 236 g/mol. The normalized spacial score (nSPS) is 10.6. The lowest BCUT2D eigenvalue weighted by atomic mass is 10.0.